The first-order chi connectivity index (χ1) is 10.6. The van der Waals surface area contributed by atoms with Crippen molar-refractivity contribution in [1.29, 1.82) is 10.5 Å². The van der Waals surface area contributed by atoms with Gasteiger partial charge in [0.05, 0.1) is 18.6 Å². The Morgan fingerprint density at radius 3 is 2.82 bits per heavy atom. The zero-order valence-corrected chi connectivity index (χ0v) is 12.2. The van der Waals surface area contributed by atoms with Crippen molar-refractivity contribution >= 4 is 23.5 Å². The van der Waals surface area contributed by atoms with Gasteiger partial charge in [-0.3, -0.25) is 10.5 Å². The number of carbonyl (C=O) groups is 1. The molecular formula is C14H12N5O2S+. The van der Waals surface area contributed by atoms with Crippen LogP contribution >= 0.6 is 11.8 Å². The number of H-pyrrole nitrogens is 1. The van der Waals surface area contributed by atoms with E-state index in [-0.39, 0.29) is 28.6 Å². The fourth-order valence-corrected chi connectivity index (χ4v) is 2.44. The normalized spacial score (nSPS) is 9.73. The highest BCUT2D eigenvalue weighted by Crippen LogP contribution is 2.20. The second-order valence-corrected chi connectivity index (χ2v) is 5.19. The average molecular weight is 314 g/mol. The minimum atomic E-state index is -0.207. The number of amides is 1. The maximum Gasteiger partial charge on any atom is 0.289 e. The fourth-order valence-electron chi connectivity index (χ4n) is 1.62. The first-order valence-electron chi connectivity index (χ1n) is 6.22. The van der Waals surface area contributed by atoms with Gasteiger partial charge >= 0.3 is 0 Å². The molecule has 4 N–H and O–H groups in total. The summed E-state index contributed by atoms with van der Waals surface area (Å²) >= 11 is 1.14. The van der Waals surface area contributed by atoms with Gasteiger partial charge in [0.25, 0.3) is 5.82 Å². The Balaban J connectivity index is 1.96. The van der Waals surface area contributed by atoms with Gasteiger partial charge in [0.1, 0.15) is 29.0 Å². The molecule has 2 rings (SSSR count). The number of furan rings is 1. The van der Waals surface area contributed by atoms with E-state index >= 15 is 0 Å². The van der Waals surface area contributed by atoms with E-state index in [2.05, 4.69) is 10.3 Å². The Morgan fingerprint density at radius 2 is 2.18 bits per heavy atom. The molecule has 0 saturated carbocycles. The van der Waals surface area contributed by atoms with Crippen molar-refractivity contribution in [3.63, 3.8) is 0 Å². The number of thioether (sulfide) groups is 1. The zero-order valence-electron chi connectivity index (χ0n) is 11.4. The SMILES string of the molecule is N#Cc1cc(C#N)c(SCC(=O)NCc2ccco2)[nH+]c1N. The number of hydrogen-bond acceptors (Lipinski definition) is 6. The van der Waals surface area contributed by atoms with Crippen LogP contribution in [0.5, 0.6) is 0 Å². The number of anilines is 1. The lowest BCUT2D eigenvalue weighted by atomic mass is 10.2. The average Bonchev–Trinajstić information content (AvgIpc) is 3.04. The van der Waals surface area contributed by atoms with E-state index in [1.165, 1.54) is 12.3 Å². The summed E-state index contributed by atoms with van der Waals surface area (Å²) in [6.45, 7) is 0.302. The van der Waals surface area contributed by atoms with E-state index in [0.29, 0.717) is 17.3 Å². The summed E-state index contributed by atoms with van der Waals surface area (Å²) in [5.41, 5.74) is 6.14. The van der Waals surface area contributed by atoms with Crippen LogP contribution in [0.15, 0.2) is 33.9 Å². The number of nitrogens with zero attached hydrogens (tertiary/aromatic N) is 2. The number of hydrogen-bond donors (Lipinski definition) is 2. The van der Waals surface area contributed by atoms with Crippen LogP contribution in [0.25, 0.3) is 0 Å². The van der Waals surface area contributed by atoms with Gasteiger partial charge in [-0.05, 0) is 18.2 Å². The van der Waals surface area contributed by atoms with E-state index in [9.17, 15) is 4.79 Å². The molecule has 0 aliphatic heterocycles. The van der Waals surface area contributed by atoms with Gasteiger partial charge in [-0.2, -0.15) is 10.5 Å². The smallest absolute Gasteiger partial charge is 0.289 e. The number of nitrogens with two attached hydrogens (primary N) is 1. The van der Waals surface area contributed by atoms with Crippen molar-refractivity contribution in [2.75, 3.05) is 11.5 Å². The van der Waals surface area contributed by atoms with Crippen LogP contribution in [0, 0.1) is 22.7 Å². The van der Waals surface area contributed by atoms with Gasteiger partial charge in [-0.15, -0.1) is 0 Å². The molecule has 7 nitrogen and oxygen atoms in total. The third-order valence-corrected chi connectivity index (χ3v) is 3.72. The Labute approximate surface area is 130 Å². The van der Waals surface area contributed by atoms with Crippen molar-refractivity contribution in [1.82, 2.24) is 5.32 Å². The minimum absolute atomic E-state index is 0.108. The summed E-state index contributed by atoms with van der Waals surface area (Å²) in [5, 5.41) is 21.1. The fraction of sp³-hybridized carbons (Fsp3) is 0.143. The van der Waals surface area contributed by atoms with E-state index in [1.54, 1.807) is 12.1 Å². The summed E-state index contributed by atoms with van der Waals surface area (Å²) in [7, 11) is 0. The monoisotopic (exact) mass is 314 g/mol. The van der Waals surface area contributed by atoms with Gasteiger partial charge in [0.15, 0.2) is 5.03 Å². The van der Waals surface area contributed by atoms with Crippen LogP contribution in [0.4, 0.5) is 5.82 Å². The van der Waals surface area contributed by atoms with Crippen molar-refractivity contribution in [3.8, 4) is 12.1 Å². The number of pyridine rings is 1. The maximum absolute atomic E-state index is 11.8. The van der Waals surface area contributed by atoms with Crippen LogP contribution in [0.2, 0.25) is 0 Å². The summed E-state index contributed by atoms with van der Waals surface area (Å²) in [6, 6.07) is 8.76. The first-order valence-corrected chi connectivity index (χ1v) is 7.20. The molecule has 0 spiro atoms. The number of nitrogen functional groups attached to an aromatic ring is 1. The van der Waals surface area contributed by atoms with E-state index in [0.717, 1.165) is 11.8 Å². The van der Waals surface area contributed by atoms with Gasteiger partial charge < -0.3 is 9.73 Å². The third-order valence-electron chi connectivity index (χ3n) is 2.70. The third kappa shape index (κ3) is 3.78. The molecule has 2 aromatic heterocycles. The lowest BCUT2D eigenvalue weighted by Crippen LogP contribution is -2.25. The summed E-state index contributed by atoms with van der Waals surface area (Å²) < 4.78 is 5.11. The largest absolute Gasteiger partial charge is 0.467 e. The molecule has 0 saturated heterocycles. The lowest BCUT2D eigenvalue weighted by Gasteiger charge is -2.04. The predicted octanol–water partition coefficient (Wildman–Crippen LogP) is 0.828. The van der Waals surface area contributed by atoms with Crippen LogP contribution in [-0.4, -0.2) is 11.7 Å². The predicted molar refractivity (Wildman–Crippen MR) is 78.1 cm³/mol. The molecule has 0 aromatic carbocycles. The highest BCUT2D eigenvalue weighted by Gasteiger charge is 2.15. The molecule has 2 aromatic rings. The zero-order chi connectivity index (χ0) is 15.9. The first kappa shape index (κ1) is 15.4. The Morgan fingerprint density at radius 1 is 1.41 bits per heavy atom. The van der Waals surface area contributed by atoms with Crippen LogP contribution in [0.1, 0.15) is 16.9 Å². The topological polar surface area (TPSA) is 130 Å². The summed E-state index contributed by atoms with van der Waals surface area (Å²) in [4.78, 5) is 14.5. The quantitative estimate of drug-likeness (QED) is 0.786. The second kappa shape index (κ2) is 7.16. The van der Waals surface area contributed by atoms with Gasteiger partial charge in [0, 0.05) is 0 Å². The molecule has 0 aliphatic carbocycles. The van der Waals surface area contributed by atoms with Crippen LogP contribution in [-0.2, 0) is 11.3 Å². The standard InChI is InChI=1S/C14H11N5O2S/c15-5-9-4-10(6-16)14(19-13(9)17)22-8-12(20)18-7-11-2-1-3-21-11/h1-4H,7-8H2,(H2,17,19)(H,18,20)/p+1. The molecule has 110 valence electrons. The molecule has 0 radical (unpaired) electrons. The Bertz CT molecular complexity index is 759. The maximum atomic E-state index is 11.8. The highest BCUT2D eigenvalue weighted by atomic mass is 32.2. The number of rotatable bonds is 5. The number of carbonyl (C=O) groups excluding carboxylic acids is 1. The van der Waals surface area contributed by atoms with Crippen LogP contribution in [0.3, 0.4) is 0 Å². The number of aromatic nitrogens is 1. The summed E-state index contributed by atoms with van der Waals surface area (Å²) in [5.74, 6) is 0.726. The number of aromatic amines is 1. The van der Waals surface area contributed by atoms with E-state index in [4.69, 9.17) is 20.7 Å². The van der Waals surface area contributed by atoms with Gasteiger partial charge in [-0.1, -0.05) is 11.8 Å². The minimum Gasteiger partial charge on any atom is -0.467 e. The second-order valence-electron chi connectivity index (χ2n) is 4.21. The van der Waals surface area contributed by atoms with Crippen molar-refractivity contribution < 1.29 is 14.2 Å². The molecule has 0 unspecified atom stereocenters. The number of nitriles is 2. The van der Waals surface area contributed by atoms with Crippen molar-refractivity contribution in [3.05, 3.63) is 41.3 Å². The molecular weight excluding hydrogens is 302 g/mol. The van der Waals surface area contributed by atoms with Gasteiger partial charge in [-0.25, -0.2) is 4.98 Å². The lowest BCUT2D eigenvalue weighted by molar-refractivity contribution is -0.410. The van der Waals surface area contributed by atoms with Crippen molar-refractivity contribution in [2.24, 2.45) is 0 Å². The van der Waals surface area contributed by atoms with E-state index < -0.39 is 0 Å². The van der Waals surface area contributed by atoms with Gasteiger partial charge in [0.2, 0.25) is 5.91 Å². The Kier molecular flexibility index (Phi) is 5.02. The summed E-state index contributed by atoms with van der Waals surface area (Å²) in [6.07, 6.45) is 1.53. The molecule has 0 aliphatic rings. The Hall–Kier alpha value is -2.97. The molecule has 0 atom stereocenters. The molecule has 2 heterocycles. The van der Waals surface area contributed by atoms with Crippen molar-refractivity contribution in [2.45, 2.75) is 11.6 Å². The van der Waals surface area contributed by atoms with Crippen LogP contribution < -0.4 is 16.0 Å². The number of nitrogens with one attached hydrogen (secondary N) is 2. The highest BCUT2D eigenvalue weighted by molar-refractivity contribution is 7.99. The molecule has 22 heavy (non-hydrogen) atoms. The molecule has 0 fully saturated rings. The molecule has 0 bridgehead atoms. The molecule has 1 amide bonds. The molecule has 8 heteroatoms. The van der Waals surface area contributed by atoms with E-state index in [1.807, 2.05) is 12.1 Å².